The molecule has 1 aromatic carbocycles. The highest BCUT2D eigenvalue weighted by Gasteiger charge is 2.20. The molecule has 0 saturated heterocycles. The smallest absolute Gasteiger partial charge is 0.348 e. The van der Waals surface area contributed by atoms with Crippen LogP contribution in [0.25, 0.3) is 10.9 Å². The van der Waals surface area contributed by atoms with Crippen LogP contribution >= 0.6 is 11.3 Å². The summed E-state index contributed by atoms with van der Waals surface area (Å²) in [4.78, 5) is 30.0. The number of aromatic amines is 1. The number of hydrogen-bond acceptors (Lipinski definition) is 4. The zero-order chi connectivity index (χ0) is 18.1. The van der Waals surface area contributed by atoms with E-state index in [4.69, 9.17) is 4.74 Å². The number of aromatic nitrogens is 1. The topological polar surface area (TPSA) is 59.2 Å². The van der Waals surface area contributed by atoms with E-state index >= 15 is 0 Å². The first kappa shape index (κ1) is 17.0. The standard InChI is InChI=1S/C21H21NO3S/c1-2-13-7-5-8-15-16(11-22-20(13)15)17(23)12-25-21(24)19-10-14-6-3-4-9-18(14)26-19/h5,7-8,10-11,22H,2-4,6,9,12H2,1H3. The zero-order valence-electron chi connectivity index (χ0n) is 14.8. The van der Waals surface area contributed by atoms with E-state index in [9.17, 15) is 9.59 Å². The molecular formula is C21H21NO3S. The molecule has 0 amide bonds. The van der Waals surface area contributed by atoms with Gasteiger partial charge in [-0.2, -0.15) is 0 Å². The third-order valence-electron chi connectivity index (χ3n) is 5.02. The van der Waals surface area contributed by atoms with E-state index in [2.05, 4.69) is 11.9 Å². The molecule has 0 fully saturated rings. The van der Waals surface area contributed by atoms with Crippen molar-refractivity contribution in [2.45, 2.75) is 39.0 Å². The molecular weight excluding hydrogens is 346 g/mol. The molecule has 0 bridgehead atoms. The first-order chi connectivity index (χ1) is 12.7. The van der Waals surface area contributed by atoms with Crippen LogP contribution in [0.4, 0.5) is 0 Å². The van der Waals surface area contributed by atoms with Crippen molar-refractivity contribution in [3.63, 3.8) is 0 Å². The maximum absolute atomic E-state index is 12.6. The number of nitrogens with one attached hydrogen (secondary N) is 1. The van der Waals surface area contributed by atoms with Gasteiger partial charge in [-0.05, 0) is 49.3 Å². The number of rotatable bonds is 5. The van der Waals surface area contributed by atoms with Crippen molar-refractivity contribution in [1.82, 2.24) is 4.98 Å². The molecule has 4 rings (SSSR count). The number of hydrogen-bond donors (Lipinski definition) is 1. The van der Waals surface area contributed by atoms with Crippen LogP contribution in [0.1, 0.15) is 55.8 Å². The Morgan fingerprint density at radius 1 is 1.23 bits per heavy atom. The van der Waals surface area contributed by atoms with Crippen molar-refractivity contribution < 1.29 is 14.3 Å². The molecule has 2 heterocycles. The average Bonchev–Trinajstić information content (AvgIpc) is 3.29. The highest BCUT2D eigenvalue weighted by atomic mass is 32.1. The van der Waals surface area contributed by atoms with Crippen molar-refractivity contribution in [2.75, 3.05) is 6.61 Å². The van der Waals surface area contributed by atoms with E-state index in [0.717, 1.165) is 30.2 Å². The van der Waals surface area contributed by atoms with Crippen LogP contribution in [0.3, 0.4) is 0 Å². The first-order valence-corrected chi connectivity index (χ1v) is 9.90. The molecule has 0 radical (unpaired) electrons. The van der Waals surface area contributed by atoms with Crippen LogP contribution in [-0.4, -0.2) is 23.3 Å². The van der Waals surface area contributed by atoms with Gasteiger partial charge in [-0.25, -0.2) is 4.79 Å². The summed E-state index contributed by atoms with van der Waals surface area (Å²) in [5.74, 6) is -0.578. The van der Waals surface area contributed by atoms with Crippen LogP contribution in [-0.2, 0) is 24.0 Å². The third-order valence-corrected chi connectivity index (χ3v) is 6.23. The van der Waals surface area contributed by atoms with E-state index in [1.165, 1.54) is 40.2 Å². The van der Waals surface area contributed by atoms with E-state index in [-0.39, 0.29) is 12.4 Å². The van der Waals surface area contributed by atoms with Gasteiger partial charge in [-0.1, -0.05) is 25.1 Å². The molecule has 5 heteroatoms. The van der Waals surface area contributed by atoms with Crippen LogP contribution in [0.5, 0.6) is 0 Å². The molecule has 0 unspecified atom stereocenters. The van der Waals surface area contributed by atoms with Gasteiger partial charge in [0.15, 0.2) is 6.61 Å². The Bertz CT molecular complexity index is 959. The number of fused-ring (bicyclic) bond motifs is 2. The summed E-state index contributed by atoms with van der Waals surface area (Å²) in [6, 6.07) is 7.86. The molecule has 3 aromatic rings. The van der Waals surface area contributed by atoms with Crippen molar-refractivity contribution in [3.05, 3.63) is 56.9 Å². The lowest BCUT2D eigenvalue weighted by molar-refractivity contribution is 0.0480. The zero-order valence-corrected chi connectivity index (χ0v) is 15.6. The number of aryl methyl sites for hydroxylation is 3. The Balaban J connectivity index is 1.47. The number of H-pyrrole nitrogens is 1. The van der Waals surface area contributed by atoms with Gasteiger partial charge in [0.25, 0.3) is 0 Å². The van der Waals surface area contributed by atoms with Gasteiger partial charge in [-0.15, -0.1) is 11.3 Å². The molecule has 0 saturated carbocycles. The van der Waals surface area contributed by atoms with Crippen LogP contribution in [0.2, 0.25) is 0 Å². The van der Waals surface area contributed by atoms with Gasteiger partial charge in [0.05, 0.1) is 0 Å². The van der Waals surface area contributed by atoms with Crippen molar-refractivity contribution in [3.8, 4) is 0 Å². The van der Waals surface area contributed by atoms with Gasteiger partial charge in [0.1, 0.15) is 4.88 Å². The quantitative estimate of drug-likeness (QED) is 0.525. The monoisotopic (exact) mass is 367 g/mol. The lowest BCUT2D eigenvalue weighted by Crippen LogP contribution is -2.13. The molecule has 1 N–H and O–H groups in total. The third kappa shape index (κ3) is 3.07. The summed E-state index contributed by atoms with van der Waals surface area (Å²) in [5.41, 5.74) is 4.00. The molecule has 26 heavy (non-hydrogen) atoms. The van der Waals surface area contributed by atoms with Gasteiger partial charge in [0, 0.05) is 27.5 Å². The largest absolute Gasteiger partial charge is 0.453 e. The van der Waals surface area contributed by atoms with Gasteiger partial charge in [-0.3, -0.25) is 4.79 Å². The minimum Gasteiger partial charge on any atom is -0.453 e. The number of thiophene rings is 1. The second-order valence-electron chi connectivity index (χ2n) is 6.66. The Morgan fingerprint density at radius 3 is 2.88 bits per heavy atom. The number of carbonyl (C=O) groups excluding carboxylic acids is 2. The minimum atomic E-state index is -0.396. The lowest BCUT2D eigenvalue weighted by Gasteiger charge is -2.08. The molecule has 4 nitrogen and oxygen atoms in total. The van der Waals surface area contributed by atoms with Crippen LogP contribution in [0.15, 0.2) is 30.5 Å². The summed E-state index contributed by atoms with van der Waals surface area (Å²) in [5, 5.41) is 0.886. The fourth-order valence-electron chi connectivity index (χ4n) is 3.61. The van der Waals surface area contributed by atoms with E-state index < -0.39 is 5.97 Å². The molecule has 0 aliphatic heterocycles. The highest BCUT2D eigenvalue weighted by molar-refractivity contribution is 7.14. The van der Waals surface area contributed by atoms with Crippen molar-refractivity contribution in [2.24, 2.45) is 0 Å². The van der Waals surface area contributed by atoms with Gasteiger partial charge >= 0.3 is 5.97 Å². The number of esters is 1. The maximum atomic E-state index is 12.6. The number of para-hydroxylation sites is 1. The maximum Gasteiger partial charge on any atom is 0.348 e. The van der Waals surface area contributed by atoms with Gasteiger partial charge in [0.2, 0.25) is 5.78 Å². The number of Topliss-reactive ketones (excluding diaryl/α,β-unsaturated/α-hetero) is 1. The predicted octanol–water partition coefficient (Wildman–Crippen LogP) is 4.71. The molecule has 1 aliphatic carbocycles. The average molecular weight is 367 g/mol. The van der Waals surface area contributed by atoms with E-state index in [1.807, 2.05) is 24.3 Å². The lowest BCUT2D eigenvalue weighted by atomic mass is 9.99. The number of carbonyl (C=O) groups is 2. The molecule has 2 aromatic heterocycles. The molecule has 0 atom stereocenters. The highest BCUT2D eigenvalue weighted by Crippen LogP contribution is 2.30. The SMILES string of the molecule is CCc1cccc2c(C(=O)COC(=O)c3cc4c(s3)CCCC4)c[nH]c12. The first-order valence-electron chi connectivity index (χ1n) is 9.08. The summed E-state index contributed by atoms with van der Waals surface area (Å²) in [6.07, 6.45) is 7.04. The number of ketones is 1. The molecule has 134 valence electrons. The Labute approximate surface area is 156 Å². The normalized spacial score (nSPS) is 13.6. The van der Waals surface area contributed by atoms with Gasteiger partial charge < -0.3 is 9.72 Å². The van der Waals surface area contributed by atoms with E-state index in [0.29, 0.717) is 10.4 Å². The number of ether oxygens (including phenoxy) is 1. The number of benzene rings is 1. The Hall–Kier alpha value is -2.40. The Kier molecular flexibility index (Phi) is 4.64. The minimum absolute atomic E-state index is 0.181. The molecule has 1 aliphatic rings. The summed E-state index contributed by atoms with van der Waals surface area (Å²) in [7, 11) is 0. The summed E-state index contributed by atoms with van der Waals surface area (Å²) in [6.45, 7) is 1.85. The summed E-state index contributed by atoms with van der Waals surface area (Å²) < 4.78 is 5.30. The summed E-state index contributed by atoms with van der Waals surface area (Å²) >= 11 is 1.51. The second-order valence-corrected chi connectivity index (χ2v) is 7.80. The van der Waals surface area contributed by atoms with Crippen molar-refractivity contribution in [1.29, 1.82) is 0 Å². The molecule has 0 spiro atoms. The van der Waals surface area contributed by atoms with E-state index in [1.54, 1.807) is 6.20 Å². The second kappa shape index (κ2) is 7.08. The van der Waals surface area contributed by atoms with Crippen LogP contribution in [0, 0.1) is 0 Å². The fourth-order valence-corrected chi connectivity index (χ4v) is 4.76. The Morgan fingerprint density at radius 2 is 2.08 bits per heavy atom. The van der Waals surface area contributed by atoms with Crippen LogP contribution < -0.4 is 0 Å². The predicted molar refractivity (Wildman–Crippen MR) is 103 cm³/mol. The van der Waals surface area contributed by atoms with Crippen molar-refractivity contribution >= 4 is 34.0 Å². The fraction of sp³-hybridized carbons (Fsp3) is 0.333.